The van der Waals surface area contributed by atoms with Crippen LogP contribution in [-0.2, 0) is 0 Å². The number of anilines is 1. The largest absolute Gasteiger partial charge is 0.389 e. The molecule has 0 radical (unpaired) electrons. The fraction of sp³-hybridized carbons (Fsp3) is 0.188. The summed E-state index contributed by atoms with van der Waals surface area (Å²) < 4.78 is 13.9. The van der Waals surface area contributed by atoms with Gasteiger partial charge in [-0.05, 0) is 31.2 Å². The zero-order valence-electron chi connectivity index (χ0n) is 11.8. The van der Waals surface area contributed by atoms with E-state index >= 15 is 0 Å². The van der Waals surface area contributed by atoms with Crippen molar-refractivity contribution in [3.8, 4) is 0 Å². The molecule has 0 aliphatic carbocycles. The number of nitrogens with two attached hydrogens (primary N) is 1. The molecule has 5 heteroatoms. The summed E-state index contributed by atoms with van der Waals surface area (Å²) in [7, 11) is 1.88. The zero-order chi connectivity index (χ0) is 15.6. The van der Waals surface area contributed by atoms with Crippen molar-refractivity contribution in [2.24, 2.45) is 5.73 Å². The standard InChI is InChI=1S/C16H16ClFN2S/c1-10(12-5-3-4-6-14(12)18)20(2)15-8-7-11(17)9-13(15)16(19)21/h3-10H,1-2H3,(H2,19,21). The van der Waals surface area contributed by atoms with Crippen molar-refractivity contribution in [3.05, 3.63) is 64.4 Å². The molecule has 1 atom stereocenters. The van der Waals surface area contributed by atoms with Gasteiger partial charge in [0.1, 0.15) is 10.8 Å². The molecule has 0 saturated heterocycles. The molecule has 0 fully saturated rings. The molecule has 2 nitrogen and oxygen atoms in total. The number of hydrogen-bond acceptors (Lipinski definition) is 2. The number of benzene rings is 2. The first-order valence-corrected chi connectivity index (χ1v) is 7.27. The molecule has 2 aromatic carbocycles. The average molecular weight is 323 g/mol. The Bertz CT molecular complexity index is 675. The van der Waals surface area contributed by atoms with Crippen molar-refractivity contribution in [1.29, 1.82) is 0 Å². The van der Waals surface area contributed by atoms with E-state index in [1.165, 1.54) is 6.07 Å². The summed E-state index contributed by atoms with van der Waals surface area (Å²) in [5.74, 6) is -0.234. The number of halogens is 2. The Morgan fingerprint density at radius 2 is 1.95 bits per heavy atom. The predicted octanol–water partition coefficient (Wildman–Crippen LogP) is 4.31. The van der Waals surface area contributed by atoms with E-state index in [4.69, 9.17) is 29.6 Å². The lowest BCUT2D eigenvalue weighted by molar-refractivity contribution is 0.585. The second-order valence-electron chi connectivity index (χ2n) is 4.83. The fourth-order valence-corrected chi connectivity index (χ4v) is 2.58. The molecule has 0 spiro atoms. The van der Waals surface area contributed by atoms with Crippen LogP contribution in [0.5, 0.6) is 0 Å². The molecule has 0 aliphatic rings. The van der Waals surface area contributed by atoms with Gasteiger partial charge in [0.25, 0.3) is 0 Å². The van der Waals surface area contributed by atoms with Gasteiger partial charge in [0.15, 0.2) is 0 Å². The molecule has 1 unspecified atom stereocenters. The van der Waals surface area contributed by atoms with Gasteiger partial charge in [0, 0.05) is 28.9 Å². The van der Waals surface area contributed by atoms with E-state index in [-0.39, 0.29) is 16.8 Å². The summed E-state index contributed by atoms with van der Waals surface area (Å²) in [5.41, 5.74) is 7.88. The van der Waals surface area contributed by atoms with Gasteiger partial charge >= 0.3 is 0 Å². The molecule has 2 N–H and O–H groups in total. The highest BCUT2D eigenvalue weighted by atomic mass is 35.5. The molecule has 0 amide bonds. The van der Waals surface area contributed by atoms with Gasteiger partial charge < -0.3 is 10.6 Å². The van der Waals surface area contributed by atoms with Crippen LogP contribution in [0.4, 0.5) is 10.1 Å². The van der Waals surface area contributed by atoms with Gasteiger partial charge in [-0.1, -0.05) is 42.0 Å². The number of nitrogens with zero attached hydrogens (tertiary/aromatic N) is 1. The SMILES string of the molecule is CC(c1ccccc1F)N(C)c1ccc(Cl)cc1C(N)=S. The lowest BCUT2D eigenvalue weighted by Crippen LogP contribution is -2.25. The topological polar surface area (TPSA) is 29.3 Å². The van der Waals surface area contributed by atoms with Crippen LogP contribution in [0.2, 0.25) is 5.02 Å². The van der Waals surface area contributed by atoms with Crippen LogP contribution in [0.15, 0.2) is 42.5 Å². The maximum absolute atomic E-state index is 13.9. The molecule has 0 aliphatic heterocycles. The van der Waals surface area contributed by atoms with Crippen molar-refractivity contribution in [1.82, 2.24) is 0 Å². The number of thiocarbonyl (C=S) groups is 1. The molecule has 110 valence electrons. The molecule has 0 bridgehead atoms. The van der Waals surface area contributed by atoms with Crippen LogP contribution in [0, 0.1) is 5.82 Å². The van der Waals surface area contributed by atoms with E-state index in [1.54, 1.807) is 24.3 Å². The first-order valence-electron chi connectivity index (χ1n) is 6.48. The van der Waals surface area contributed by atoms with E-state index in [1.807, 2.05) is 31.0 Å². The molecule has 21 heavy (non-hydrogen) atoms. The quantitative estimate of drug-likeness (QED) is 0.850. The second-order valence-corrected chi connectivity index (χ2v) is 5.71. The third kappa shape index (κ3) is 3.34. The summed E-state index contributed by atoms with van der Waals surface area (Å²) in [6.07, 6.45) is 0. The van der Waals surface area contributed by atoms with E-state index in [9.17, 15) is 4.39 Å². The van der Waals surface area contributed by atoms with Crippen LogP contribution >= 0.6 is 23.8 Å². The van der Waals surface area contributed by atoms with Crippen molar-refractivity contribution in [2.75, 3.05) is 11.9 Å². The van der Waals surface area contributed by atoms with E-state index in [0.717, 1.165) is 5.69 Å². The Kier molecular flexibility index (Phi) is 4.80. The molecule has 0 saturated carbocycles. The first-order chi connectivity index (χ1) is 9.91. The summed E-state index contributed by atoms with van der Waals surface area (Å²) >= 11 is 11.1. The normalized spacial score (nSPS) is 12.0. The van der Waals surface area contributed by atoms with E-state index in [2.05, 4.69) is 0 Å². The van der Waals surface area contributed by atoms with Crippen LogP contribution in [0.3, 0.4) is 0 Å². The maximum atomic E-state index is 13.9. The van der Waals surface area contributed by atoms with Crippen molar-refractivity contribution in [2.45, 2.75) is 13.0 Å². The Balaban J connectivity index is 2.43. The summed E-state index contributed by atoms with van der Waals surface area (Å²) in [6, 6.07) is 11.9. The van der Waals surface area contributed by atoms with Crippen molar-refractivity contribution >= 4 is 34.5 Å². The van der Waals surface area contributed by atoms with Gasteiger partial charge in [-0.15, -0.1) is 0 Å². The molecule has 2 rings (SSSR count). The summed E-state index contributed by atoms with van der Waals surface area (Å²) in [5, 5.41) is 0.563. The third-order valence-corrected chi connectivity index (χ3v) is 4.00. The molecular formula is C16H16ClFN2S. The van der Waals surface area contributed by atoms with Gasteiger partial charge in [-0.25, -0.2) is 4.39 Å². The van der Waals surface area contributed by atoms with Gasteiger partial charge in [-0.3, -0.25) is 0 Å². The number of rotatable bonds is 4. The van der Waals surface area contributed by atoms with E-state index < -0.39 is 0 Å². The smallest absolute Gasteiger partial charge is 0.128 e. The zero-order valence-corrected chi connectivity index (χ0v) is 13.4. The Labute approximate surface area is 134 Å². The van der Waals surface area contributed by atoms with Crippen molar-refractivity contribution < 1.29 is 4.39 Å². The van der Waals surface area contributed by atoms with E-state index in [0.29, 0.717) is 16.1 Å². The minimum Gasteiger partial charge on any atom is -0.389 e. The lowest BCUT2D eigenvalue weighted by atomic mass is 10.0. The highest BCUT2D eigenvalue weighted by molar-refractivity contribution is 7.80. The highest BCUT2D eigenvalue weighted by Gasteiger charge is 2.19. The minimum absolute atomic E-state index is 0.166. The van der Waals surface area contributed by atoms with Gasteiger partial charge in [0.2, 0.25) is 0 Å². The highest BCUT2D eigenvalue weighted by Crippen LogP contribution is 2.31. The second kappa shape index (κ2) is 6.41. The van der Waals surface area contributed by atoms with Crippen molar-refractivity contribution in [3.63, 3.8) is 0 Å². The Morgan fingerprint density at radius 1 is 1.29 bits per heavy atom. The summed E-state index contributed by atoms with van der Waals surface area (Å²) in [4.78, 5) is 2.20. The monoisotopic (exact) mass is 322 g/mol. The molecule has 0 heterocycles. The lowest BCUT2D eigenvalue weighted by Gasteiger charge is -2.29. The average Bonchev–Trinajstić information content (AvgIpc) is 2.46. The number of hydrogen-bond donors (Lipinski definition) is 1. The van der Waals surface area contributed by atoms with Crippen LogP contribution in [-0.4, -0.2) is 12.0 Å². The molecule has 0 aromatic heterocycles. The van der Waals surface area contributed by atoms with Crippen LogP contribution in [0.25, 0.3) is 0 Å². The first kappa shape index (κ1) is 15.7. The Hall–Kier alpha value is -1.65. The van der Waals surface area contributed by atoms with Crippen LogP contribution in [0.1, 0.15) is 24.1 Å². The summed E-state index contributed by atoms with van der Waals surface area (Å²) in [6.45, 7) is 1.93. The molecule has 2 aromatic rings. The van der Waals surface area contributed by atoms with Gasteiger partial charge in [-0.2, -0.15) is 0 Å². The Morgan fingerprint density at radius 3 is 2.57 bits per heavy atom. The minimum atomic E-state index is -0.234. The maximum Gasteiger partial charge on any atom is 0.128 e. The fourth-order valence-electron chi connectivity index (χ4n) is 2.24. The predicted molar refractivity (Wildman–Crippen MR) is 90.6 cm³/mol. The van der Waals surface area contributed by atoms with Gasteiger partial charge in [0.05, 0.1) is 6.04 Å². The molecular weight excluding hydrogens is 307 g/mol. The van der Waals surface area contributed by atoms with Crippen LogP contribution < -0.4 is 10.6 Å². The third-order valence-electron chi connectivity index (χ3n) is 3.54.